The van der Waals surface area contributed by atoms with Crippen molar-refractivity contribution < 1.29 is 5.11 Å². The van der Waals surface area contributed by atoms with E-state index >= 15 is 0 Å². The number of aromatic nitrogens is 3. The lowest BCUT2D eigenvalue weighted by Crippen LogP contribution is -2.23. The molecule has 0 atom stereocenters. The summed E-state index contributed by atoms with van der Waals surface area (Å²) in [6.45, 7) is 1.25. The molecule has 1 fully saturated rings. The van der Waals surface area contributed by atoms with Gasteiger partial charge in [0.05, 0.1) is 5.39 Å². The summed E-state index contributed by atoms with van der Waals surface area (Å²) >= 11 is 1.63. The topological polar surface area (TPSA) is 70.9 Å². The summed E-state index contributed by atoms with van der Waals surface area (Å²) in [4.78, 5) is 14.8. The summed E-state index contributed by atoms with van der Waals surface area (Å²) in [7, 11) is 0. The van der Waals surface area contributed by atoms with Crippen LogP contribution in [0.2, 0.25) is 0 Å². The number of nitrogens with zero attached hydrogens (tertiary/aromatic N) is 3. The van der Waals surface area contributed by atoms with E-state index in [1.165, 1.54) is 12.8 Å². The van der Waals surface area contributed by atoms with Gasteiger partial charge in [0.15, 0.2) is 5.82 Å². The van der Waals surface area contributed by atoms with Gasteiger partial charge in [-0.15, -0.1) is 11.3 Å². The molecule has 0 bridgehead atoms. The average molecular weight is 354 g/mol. The molecule has 130 valence electrons. The van der Waals surface area contributed by atoms with E-state index in [0.29, 0.717) is 24.3 Å². The van der Waals surface area contributed by atoms with Gasteiger partial charge in [-0.25, -0.2) is 9.97 Å². The monoisotopic (exact) mass is 354 g/mol. The minimum atomic E-state index is 0.328. The van der Waals surface area contributed by atoms with Crippen LogP contribution in [0.25, 0.3) is 21.7 Å². The minimum Gasteiger partial charge on any atom is -0.396 e. The molecule has 0 amide bonds. The molecular weight excluding hydrogens is 332 g/mol. The van der Waals surface area contributed by atoms with E-state index in [2.05, 4.69) is 26.7 Å². The summed E-state index contributed by atoms with van der Waals surface area (Å²) in [5, 5.41) is 16.0. The smallest absolute Gasteiger partial charge is 0.181 e. The van der Waals surface area contributed by atoms with Gasteiger partial charge in [-0.1, -0.05) is 6.07 Å². The number of hydrogen-bond acceptors (Lipinski definition) is 6. The second kappa shape index (κ2) is 7.45. The number of anilines is 1. The Hall–Kier alpha value is -2.05. The largest absolute Gasteiger partial charge is 0.396 e. The highest BCUT2D eigenvalue weighted by atomic mass is 32.1. The fourth-order valence-corrected chi connectivity index (χ4v) is 4.22. The molecule has 5 nitrogen and oxygen atoms in total. The quantitative estimate of drug-likeness (QED) is 0.725. The average Bonchev–Trinajstić information content (AvgIpc) is 3.16. The van der Waals surface area contributed by atoms with Crippen molar-refractivity contribution in [3.05, 3.63) is 35.8 Å². The van der Waals surface area contributed by atoms with Crippen LogP contribution in [0.15, 0.2) is 35.8 Å². The molecule has 1 saturated carbocycles. The number of pyridine rings is 1. The molecule has 25 heavy (non-hydrogen) atoms. The third-order valence-electron chi connectivity index (χ3n) is 5.00. The van der Waals surface area contributed by atoms with Crippen LogP contribution in [-0.2, 0) is 0 Å². The van der Waals surface area contributed by atoms with Gasteiger partial charge in [0.2, 0.25) is 0 Å². The fourth-order valence-electron chi connectivity index (χ4n) is 3.46. The number of rotatable bonds is 5. The first kappa shape index (κ1) is 16.4. The van der Waals surface area contributed by atoms with Crippen molar-refractivity contribution in [3.63, 3.8) is 0 Å². The number of nitrogens with one attached hydrogen (secondary N) is 1. The van der Waals surface area contributed by atoms with Crippen LogP contribution >= 0.6 is 11.3 Å². The van der Waals surface area contributed by atoms with Crippen LogP contribution in [0.3, 0.4) is 0 Å². The highest BCUT2D eigenvalue weighted by molar-refractivity contribution is 7.16. The van der Waals surface area contributed by atoms with Crippen LogP contribution < -0.4 is 5.32 Å². The Morgan fingerprint density at radius 3 is 2.68 bits per heavy atom. The number of thiophene rings is 1. The molecule has 0 spiro atoms. The molecule has 0 aliphatic heterocycles. The van der Waals surface area contributed by atoms with Gasteiger partial charge in [0.25, 0.3) is 0 Å². The fraction of sp³-hybridized carbons (Fsp3) is 0.421. The first-order valence-electron chi connectivity index (χ1n) is 8.85. The lowest BCUT2D eigenvalue weighted by Gasteiger charge is -2.27. The molecule has 0 saturated heterocycles. The zero-order chi connectivity index (χ0) is 17.1. The third kappa shape index (κ3) is 3.65. The maximum atomic E-state index is 9.28. The van der Waals surface area contributed by atoms with Crippen molar-refractivity contribution in [1.82, 2.24) is 15.0 Å². The number of aliphatic hydroxyl groups excluding tert-OH is 1. The predicted octanol–water partition coefficient (Wildman–Crippen LogP) is 3.96. The Labute approximate surface area is 151 Å². The van der Waals surface area contributed by atoms with E-state index in [1.54, 1.807) is 17.5 Å². The van der Waals surface area contributed by atoms with Gasteiger partial charge in [0.1, 0.15) is 16.3 Å². The second-order valence-electron chi connectivity index (χ2n) is 6.70. The molecule has 2 N–H and O–H groups in total. The van der Waals surface area contributed by atoms with Crippen molar-refractivity contribution in [1.29, 1.82) is 0 Å². The lowest BCUT2D eigenvalue weighted by atomic mass is 9.82. The second-order valence-corrected chi connectivity index (χ2v) is 7.60. The van der Waals surface area contributed by atoms with E-state index in [4.69, 9.17) is 4.98 Å². The molecule has 0 aromatic carbocycles. The van der Waals surface area contributed by atoms with Gasteiger partial charge >= 0.3 is 0 Å². The van der Waals surface area contributed by atoms with Crippen molar-refractivity contribution in [2.45, 2.75) is 25.7 Å². The van der Waals surface area contributed by atoms with Gasteiger partial charge in [-0.2, -0.15) is 0 Å². The molecule has 1 aliphatic rings. The molecule has 6 heteroatoms. The Morgan fingerprint density at radius 1 is 1.08 bits per heavy atom. The van der Waals surface area contributed by atoms with Crippen LogP contribution in [0.1, 0.15) is 25.7 Å². The highest BCUT2D eigenvalue weighted by Crippen LogP contribution is 2.31. The van der Waals surface area contributed by atoms with E-state index < -0.39 is 0 Å². The third-order valence-corrected chi connectivity index (χ3v) is 5.81. The van der Waals surface area contributed by atoms with Gasteiger partial charge in [-0.3, -0.25) is 4.98 Å². The Kier molecular flexibility index (Phi) is 4.90. The summed E-state index contributed by atoms with van der Waals surface area (Å²) in [5.41, 5.74) is 0.796. The summed E-state index contributed by atoms with van der Waals surface area (Å²) in [5.74, 6) is 2.71. The van der Waals surface area contributed by atoms with Crippen molar-refractivity contribution in [3.8, 4) is 11.5 Å². The first-order chi connectivity index (χ1) is 12.3. The van der Waals surface area contributed by atoms with Crippen LogP contribution in [-0.4, -0.2) is 33.2 Å². The van der Waals surface area contributed by atoms with Crippen LogP contribution in [0.5, 0.6) is 0 Å². The van der Waals surface area contributed by atoms with Gasteiger partial charge in [-0.05, 0) is 61.1 Å². The SMILES string of the molecule is OCC1CCC(CNc2nc(-c3ccccn3)nc3sccc23)CC1. The summed E-state index contributed by atoms with van der Waals surface area (Å²) in [6, 6.07) is 7.87. The molecule has 0 unspecified atom stereocenters. The van der Waals surface area contributed by atoms with Crippen molar-refractivity contribution in [2.75, 3.05) is 18.5 Å². The van der Waals surface area contributed by atoms with Crippen molar-refractivity contribution in [2.24, 2.45) is 11.8 Å². The molecule has 0 radical (unpaired) electrons. The number of fused-ring (bicyclic) bond motifs is 1. The predicted molar refractivity (Wildman–Crippen MR) is 102 cm³/mol. The number of aliphatic hydroxyl groups is 1. The standard InChI is InChI=1S/C19H22N4OS/c24-12-14-6-4-13(5-7-14)11-21-17-15-8-10-25-19(15)23-18(22-17)16-3-1-2-9-20-16/h1-3,8-10,13-14,24H,4-7,11-12H2,(H,21,22,23). The van der Waals surface area contributed by atoms with E-state index in [0.717, 1.165) is 41.1 Å². The Balaban J connectivity index is 1.54. The Morgan fingerprint density at radius 2 is 1.92 bits per heavy atom. The minimum absolute atomic E-state index is 0.328. The van der Waals surface area contributed by atoms with Gasteiger partial charge < -0.3 is 10.4 Å². The maximum absolute atomic E-state index is 9.28. The lowest BCUT2D eigenvalue weighted by molar-refractivity contribution is 0.170. The molecule has 3 aromatic rings. The molecule has 3 aromatic heterocycles. The van der Waals surface area contributed by atoms with Crippen molar-refractivity contribution >= 4 is 27.4 Å². The molecular formula is C19H22N4OS. The van der Waals surface area contributed by atoms with Crippen LogP contribution in [0, 0.1) is 11.8 Å². The number of hydrogen-bond donors (Lipinski definition) is 2. The highest BCUT2D eigenvalue weighted by Gasteiger charge is 2.21. The summed E-state index contributed by atoms with van der Waals surface area (Å²) < 4.78 is 0. The molecule has 4 rings (SSSR count). The zero-order valence-electron chi connectivity index (χ0n) is 14.1. The molecule has 3 heterocycles. The van der Waals surface area contributed by atoms with E-state index in [-0.39, 0.29) is 0 Å². The van der Waals surface area contributed by atoms with E-state index in [9.17, 15) is 5.11 Å². The molecule has 1 aliphatic carbocycles. The Bertz CT molecular complexity index is 828. The normalized spacial score (nSPS) is 20.7. The van der Waals surface area contributed by atoms with Gasteiger partial charge in [0, 0.05) is 19.3 Å². The summed E-state index contributed by atoms with van der Waals surface area (Å²) in [6.07, 6.45) is 6.36. The first-order valence-corrected chi connectivity index (χ1v) is 9.73. The maximum Gasteiger partial charge on any atom is 0.181 e. The van der Waals surface area contributed by atoms with Crippen LogP contribution in [0.4, 0.5) is 5.82 Å². The zero-order valence-corrected chi connectivity index (χ0v) is 14.9. The van der Waals surface area contributed by atoms with E-state index in [1.807, 2.05) is 18.2 Å².